The van der Waals surface area contributed by atoms with Crippen LogP contribution in [-0.2, 0) is 6.42 Å². The third-order valence-corrected chi connectivity index (χ3v) is 11.3. The van der Waals surface area contributed by atoms with Crippen molar-refractivity contribution in [3.05, 3.63) is 29.3 Å². The van der Waals surface area contributed by atoms with Crippen LogP contribution in [-0.4, -0.2) is 23.1 Å². The Balaban J connectivity index is 1.25. The molecule has 1 N–H and O–H groups in total. The highest BCUT2D eigenvalue weighted by Gasteiger charge is 2.61. The second-order valence-corrected chi connectivity index (χ2v) is 12.8. The number of hydrogen-bond donors (Lipinski definition) is 1. The molecule has 0 spiro atoms. The van der Waals surface area contributed by atoms with Gasteiger partial charge in [0.2, 0.25) is 0 Å². The van der Waals surface area contributed by atoms with Gasteiger partial charge in [-0.3, -0.25) is 4.79 Å². The van der Waals surface area contributed by atoms with Gasteiger partial charge in [-0.1, -0.05) is 26.0 Å². The molecular weight excluding hydrogens is 396 g/mol. The summed E-state index contributed by atoms with van der Waals surface area (Å²) in [6.07, 6.45) is 11.4. The number of rotatable bonds is 2. The first-order valence-corrected chi connectivity index (χ1v) is 13.2. The van der Waals surface area contributed by atoms with Crippen molar-refractivity contribution in [1.82, 2.24) is 0 Å². The lowest BCUT2D eigenvalue weighted by atomic mass is 9.44. The van der Waals surface area contributed by atoms with E-state index in [1.54, 1.807) is 0 Å². The molecule has 1 aromatic carbocycles. The average molecular weight is 437 g/mol. The normalized spacial score (nSPS) is 47.1. The molecule has 0 saturated heterocycles. The highest BCUT2D eigenvalue weighted by Crippen LogP contribution is 2.68. The van der Waals surface area contributed by atoms with Crippen molar-refractivity contribution < 1.29 is 14.6 Å². The molecule has 0 amide bonds. The zero-order valence-electron chi connectivity index (χ0n) is 20.2. The fourth-order valence-electron chi connectivity index (χ4n) is 9.38. The summed E-state index contributed by atoms with van der Waals surface area (Å²) in [5, 5.41) is 10.7. The summed E-state index contributed by atoms with van der Waals surface area (Å²) in [6, 6.07) is 6.19. The van der Waals surface area contributed by atoms with Crippen molar-refractivity contribution in [1.29, 1.82) is 0 Å². The first-order chi connectivity index (χ1) is 15.2. The predicted molar refractivity (Wildman–Crippen MR) is 126 cm³/mol. The van der Waals surface area contributed by atoms with Gasteiger partial charge in [0.25, 0.3) is 0 Å². The molecule has 0 aromatic heterocycles. The van der Waals surface area contributed by atoms with Crippen molar-refractivity contribution in [2.24, 2.45) is 40.4 Å². The van der Waals surface area contributed by atoms with Crippen LogP contribution in [0.4, 0.5) is 0 Å². The molecule has 3 heteroatoms. The molecule has 5 aliphatic rings. The van der Waals surface area contributed by atoms with Gasteiger partial charge in [-0.2, -0.15) is 0 Å². The molecular formula is C29H40O3. The average Bonchev–Trinajstić information content (AvgIpc) is 3.37. The molecule has 1 aromatic rings. The second-order valence-electron chi connectivity index (χ2n) is 12.8. The molecule has 4 saturated carbocycles. The first kappa shape index (κ1) is 21.2. The lowest BCUT2D eigenvalue weighted by Gasteiger charge is -2.61. The summed E-state index contributed by atoms with van der Waals surface area (Å²) < 4.78 is 5.76. The van der Waals surface area contributed by atoms with Gasteiger partial charge in [0.15, 0.2) is 5.78 Å². The standard InChI is InChI=1S/C29H40O3/c1-27(31)13-14-28(2)20(17-27)6-7-21-22-8-9-24(29(22,3)12-10-23(21)28)26(30)19-5-4-18-11-15-32-25(18)16-19/h4-5,16,20-24,31H,6-15,17H2,1-3H3/t20-,21-,22-,23-,24+,27+,28-,29-/m0/s1. The molecule has 0 radical (unpaired) electrons. The largest absolute Gasteiger partial charge is 0.493 e. The minimum Gasteiger partial charge on any atom is -0.493 e. The Morgan fingerprint density at radius 1 is 0.969 bits per heavy atom. The lowest BCUT2D eigenvalue weighted by molar-refractivity contribution is -0.144. The molecule has 4 aliphatic carbocycles. The van der Waals surface area contributed by atoms with E-state index < -0.39 is 5.60 Å². The van der Waals surface area contributed by atoms with E-state index in [1.807, 2.05) is 13.0 Å². The summed E-state index contributed by atoms with van der Waals surface area (Å²) in [5.74, 6) is 4.34. The molecule has 4 fully saturated rings. The number of carbonyl (C=O) groups excluding carboxylic acids is 1. The number of ether oxygens (including phenoxy) is 1. The quantitative estimate of drug-likeness (QED) is 0.560. The highest BCUT2D eigenvalue weighted by atomic mass is 16.5. The van der Waals surface area contributed by atoms with Gasteiger partial charge in [-0.05, 0) is 111 Å². The van der Waals surface area contributed by atoms with Gasteiger partial charge >= 0.3 is 0 Å². The summed E-state index contributed by atoms with van der Waals surface area (Å²) in [6.45, 7) is 7.80. The molecule has 8 atom stereocenters. The van der Waals surface area contributed by atoms with E-state index in [4.69, 9.17) is 4.74 Å². The Morgan fingerprint density at radius 2 is 1.78 bits per heavy atom. The fraction of sp³-hybridized carbons (Fsp3) is 0.759. The van der Waals surface area contributed by atoms with Crippen LogP contribution < -0.4 is 4.74 Å². The zero-order chi connectivity index (χ0) is 22.3. The molecule has 3 nitrogen and oxygen atoms in total. The van der Waals surface area contributed by atoms with Crippen LogP contribution in [0, 0.1) is 40.4 Å². The number of Topliss-reactive ketones (excluding diaryl/α,β-unsaturated/α-hetero) is 1. The van der Waals surface area contributed by atoms with Crippen molar-refractivity contribution >= 4 is 5.78 Å². The van der Waals surface area contributed by atoms with E-state index in [2.05, 4.69) is 26.0 Å². The van der Waals surface area contributed by atoms with Crippen molar-refractivity contribution in [2.45, 2.75) is 90.6 Å². The van der Waals surface area contributed by atoms with E-state index in [1.165, 1.54) is 44.1 Å². The molecule has 32 heavy (non-hydrogen) atoms. The van der Waals surface area contributed by atoms with Crippen LogP contribution >= 0.6 is 0 Å². The Kier molecular flexibility index (Phi) is 4.69. The molecule has 0 unspecified atom stereocenters. The molecule has 0 bridgehead atoms. The van der Waals surface area contributed by atoms with E-state index in [0.29, 0.717) is 23.0 Å². The molecule has 6 rings (SSSR count). The maximum absolute atomic E-state index is 13.7. The lowest BCUT2D eigenvalue weighted by Crippen LogP contribution is -2.55. The van der Waals surface area contributed by atoms with Crippen molar-refractivity contribution in [2.75, 3.05) is 6.61 Å². The smallest absolute Gasteiger partial charge is 0.166 e. The maximum Gasteiger partial charge on any atom is 0.166 e. The topological polar surface area (TPSA) is 46.5 Å². The van der Waals surface area contributed by atoms with Crippen LogP contribution in [0.5, 0.6) is 5.75 Å². The summed E-state index contributed by atoms with van der Waals surface area (Å²) in [7, 11) is 0. The Bertz CT molecular complexity index is 934. The molecule has 1 aliphatic heterocycles. The Labute approximate surface area is 193 Å². The Hall–Kier alpha value is -1.35. The van der Waals surface area contributed by atoms with E-state index in [-0.39, 0.29) is 11.3 Å². The van der Waals surface area contributed by atoms with E-state index >= 15 is 0 Å². The first-order valence-electron chi connectivity index (χ1n) is 13.2. The highest BCUT2D eigenvalue weighted by molar-refractivity contribution is 5.99. The third kappa shape index (κ3) is 2.99. The number of aliphatic hydroxyl groups is 1. The summed E-state index contributed by atoms with van der Waals surface area (Å²) >= 11 is 0. The monoisotopic (exact) mass is 436 g/mol. The minimum atomic E-state index is -0.468. The summed E-state index contributed by atoms with van der Waals surface area (Å²) in [5.41, 5.74) is 2.16. The molecule has 174 valence electrons. The predicted octanol–water partition coefficient (Wildman–Crippen LogP) is 6.21. The van der Waals surface area contributed by atoms with Crippen LogP contribution in [0.2, 0.25) is 0 Å². The fourth-order valence-corrected chi connectivity index (χ4v) is 9.38. The van der Waals surface area contributed by atoms with Gasteiger partial charge in [0.1, 0.15) is 5.75 Å². The van der Waals surface area contributed by atoms with Crippen LogP contribution in [0.25, 0.3) is 0 Å². The van der Waals surface area contributed by atoms with Crippen LogP contribution in [0.15, 0.2) is 18.2 Å². The van der Waals surface area contributed by atoms with Crippen molar-refractivity contribution in [3.8, 4) is 5.75 Å². The third-order valence-electron chi connectivity index (χ3n) is 11.3. The van der Waals surface area contributed by atoms with Gasteiger partial charge in [0.05, 0.1) is 12.2 Å². The van der Waals surface area contributed by atoms with Crippen LogP contribution in [0.3, 0.4) is 0 Å². The second kappa shape index (κ2) is 7.08. The number of ketones is 1. The molecule has 1 heterocycles. The summed E-state index contributed by atoms with van der Waals surface area (Å²) in [4.78, 5) is 13.7. The minimum absolute atomic E-state index is 0.140. The van der Waals surface area contributed by atoms with Gasteiger partial charge in [-0.15, -0.1) is 0 Å². The number of fused-ring (bicyclic) bond motifs is 6. The Morgan fingerprint density at radius 3 is 2.62 bits per heavy atom. The van der Waals surface area contributed by atoms with E-state index in [0.717, 1.165) is 55.4 Å². The van der Waals surface area contributed by atoms with E-state index in [9.17, 15) is 9.90 Å². The number of hydrogen-bond acceptors (Lipinski definition) is 3. The van der Waals surface area contributed by atoms with Gasteiger partial charge < -0.3 is 9.84 Å². The maximum atomic E-state index is 13.7. The van der Waals surface area contributed by atoms with Crippen LogP contribution in [0.1, 0.15) is 94.5 Å². The SMILES string of the molecule is C[C@@]1(O)CC[C@@]2(C)[C@@H](CC[C@@H]3[C@@H]2CC[C@]2(C)[C@@H](C(=O)c4ccc5c(c4)OCC5)CC[C@@H]32)C1. The zero-order valence-corrected chi connectivity index (χ0v) is 20.2. The van der Waals surface area contributed by atoms with Gasteiger partial charge in [0, 0.05) is 17.9 Å². The number of carbonyl (C=O) groups is 1. The van der Waals surface area contributed by atoms with Crippen molar-refractivity contribution in [3.63, 3.8) is 0 Å². The van der Waals surface area contributed by atoms with Gasteiger partial charge in [-0.25, -0.2) is 0 Å². The number of benzene rings is 1.